The van der Waals surface area contributed by atoms with E-state index in [1.165, 1.54) is 32.1 Å². The van der Waals surface area contributed by atoms with Gasteiger partial charge in [0.2, 0.25) is 5.91 Å². The summed E-state index contributed by atoms with van der Waals surface area (Å²) in [5.41, 5.74) is 1.83. The van der Waals surface area contributed by atoms with E-state index in [1.807, 2.05) is 48.2 Å². The Bertz CT molecular complexity index is 642. The minimum absolute atomic E-state index is 0.0902. The third kappa shape index (κ3) is 5.73. The molecule has 0 aromatic heterocycles. The van der Waals surface area contributed by atoms with E-state index in [4.69, 9.17) is 0 Å². The number of carbonyl (C=O) groups is 2. The van der Waals surface area contributed by atoms with Crippen molar-refractivity contribution in [2.45, 2.75) is 63.8 Å². The molecule has 1 aromatic rings. The van der Waals surface area contributed by atoms with Gasteiger partial charge in [-0.25, -0.2) is 0 Å². The SMILES string of the molecule is CN(C)c1ccc(C(=O)N2CCC(NC(=O)CCC3CCCCC3)CC2)cc1. The molecule has 2 aliphatic rings. The van der Waals surface area contributed by atoms with Crippen molar-refractivity contribution in [3.63, 3.8) is 0 Å². The first-order valence-electron chi connectivity index (χ1n) is 10.9. The highest BCUT2D eigenvalue weighted by atomic mass is 16.2. The fourth-order valence-electron chi connectivity index (χ4n) is 4.42. The summed E-state index contributed by atoms with van der Waals surface area (Å²) in [5.74, 6) is 1.03. The van der Waals surface area contributed by atoms with E-state index in [2.05, 4.69) is 5.32 Å². The third-order valence-corrected chi connectivity index (χ3v) is 6.28. The molecule has 0 bridgehead atoms. The summed E-state index contributed by atoms with van der Waals surface area (Å²) in [5, 5.41) is 3.20. The summed E-state index contributed by atoms with van der Waals surface area (Å²) in [7, 11) is 3.98. The second-order valence-corrected chi connectivity index (χ2v) is 8.62. The normalized spacial score (nSPS) is 18.7. The molecule has 154 valence electrons. The van der Waals surface area contributed by atoms with Crippen molar-refractivity contribution >= 4 is 17.5 Å². The Morgan fingerprint density at radius 1 is 1.00 bits per heavy atom. The minimum atomic E-state index is 0.0902. The number of nitrogens with one attached hydrogen (secondary N) is 1. The molecule has 1 saturated carbocycles. The van der Waals surface area contributed by atoms with Crippen LogP contribution in [-0.2, 0) is 4.79 Å². The average Bonchev–Trinajstić information content (AvgIpc) is 2.73. The van der Waals surface area contributed by atoms with Crippen LogP contribution in [0.1, 0.15) is 68.1 Å². The number of nitrogens with zero attached hydrogens (tertiary/aromatic N) is 2. The van der Waals surface area contributed by atoms with Crippen LogP contribution < -0.4 is 10.2 Å². The van der Waals surface area contributed by atoms with Crippen LogP contribution in [-0.4, -0.2) is 49.9 Å². The molecular weight excluding hydrogens is 350 g/mol. The maximum Gasteiger partial charge on any atom is 0.253 e. The summed E-state index contributed by atoms with van der Waals surface area (Å²) >= 11 is 0. The van der Waals surface area contributed by atoms with Gasteiger partial charge in [-0.15, -0.1) is 0 Å². The molecule has 5 heteroatoms. The molecule has 1 aliphatic carbocycles. The molecule has 0 radical (unpaired) electrons. The average molecular weight is 386 g/mol. The van der Waals surface area contributed by atoms with E-state index >= 15 is 0 Å². The predicted octanol–water partition coefficient (Wildman–Crippen LogP) is 3.83. The van der Waals surface area contributed by atoms with Gasteiger partial charge in [0.05, 0.1) is 0 Å². The summed E-state index contributed by atoms with van der Waals surface area (Å²) < 4.78 is 0. The van der Waals surface area contributed by atoms with Gasteiger partial charge in [0.25, 0.3) is 5.91 Å². The second-order valence-electron chi connectivity index (χ2n) is 8.62. The van der Waals surface area contributed by atoms with E-state index in [0.29, 0.717) is 19.5 Å². The quantitative estimate of drug-likeness (QED) is 0.810. The molecule has 28 heavy (non-hydrogen) atoms. The highest BCUT2D eigenvalue weighted by Crippen LogP contribution is 2.27. The predicted molar refractivity (Wildman–Crippen MR) is 114 cm³/mol. The van der Waals surface area contributed by atoms with Crippen molar-refractivity contribution in [1.29, 1.82) is 0 Å². The van der Waals surface area contributed by atoms with E-state index in [1.54, 1.807) is 0 Å². The van der Waals surface area contributed by atoms with Gasteiger partial charge in [-0.3, -0.25) is 9.59 Å². The van der Waals surface area contributed by atoms with E-state index in [0.717, 1.165) is 36.4 Å². The first-order valence-corrected chi connectivity index (χ1v) is 10.9. The number of likely N-dealkylation sites (tertiary alicyclic amines) is 1. The van der Waals surface area contributed by atoms with Crippen LogP contribution in [0.5, 0.6) is 0 Å². The Labute approximate surface area is 169 Å². The summed E-state index contributed by atoms with van der Waals surface area (Å²) in [6, 6.07) is 7.96. The van der Waals surface area contributed by atoms with Gasteiger partial charge in [0, 0.05) is 50.9 Å². The van der Waals surface area contributed by atoms with E-state index in [9.17, 15) is 9.59 Å². The monoisotopic (exact) mass is 385 g/mol. The van der Waals surface area contributed by atoms with Gasteiger partial charge >= 0.3 is 0 Å². The molecule has 3 rings (SSSR count). The smallest absolute Gasteiger partial charge is 0.253 e. The third-order valence-electron chi connectivity index (χ3n) is 6.28. The van der Waals surface area contributed by atoms with Crippen molar-refractivity contribution < 1.29 is 9.59 Å². The summed E-state index contributed by atoms with van der Waals surface area (Å²) in [6.07, 6.45) is 9.99. The molecule has 0 spiro atoms. The number of hydrogen-bond donors (Lipinski definition) is 1. The lowest BCUT2D eigenvalue weighted by atomic mass is 9.86. The van der Waals surface area contributed by atoms with Gasteiger partial charge in [0.1, 0.15) is 0 Å². The molecule has 0 atom stereocenters. The van der Waals surface area contributed by atoms with Crippen LogP contribution in [0.4, 0.5) is 5.69 Å². The zero-order chi connectivity index (χ0) is 19.9. The van der Waals surface area contributed by atoms with Crippen LogP contribution in [0.25, 0.3) is 0 Å². The summed E-state index contributed by atoms with van der Waals surface area (Å²) in [6.45, 7) is 1.42. The number of amides is 2. The lowest BCUT2D eigenvalue weighted by molar-refractivity contribution is -0.122. The number of carbonyl (C=O) groups excluding carboxylic acids is 2. The Morgan fingerprint density at radius 3 is 2.25 bits per heavy atom. The molecule has 1 aromatic carbocycles. The fraction of sp³-hybridized carbons (Fsp3) is 0.652. The van der Waals surface area contributed by atoms with Crippen LogP contribution in [0, 0.1) is 5.92 Å². The van der Waals surface area contributed by atoms with Crippen LogP contribution >= 0.6 is 0 Å². The van der Waals surface area contributed by atoms with Gasteiger partial charge in [-0.05, 0) is 49.4 Å². The largest absolute Gasteiger partial charge is 0.378 e. The summed E-state index contributed by atoms with van der Waals surface area (Å²) in [4.78, 5) is 28.9. The molecule has 2 amide bonds. The number of anilines is 1. The Hall–Kier alpha value is -2.04. The van der Waals surface area contributed by atoms with Crippen LogP contribution in [0.15, 0.2) is 24.3 Å². The second kappa shape index (κ2) is 9.94. The maximum absolute atomic E-state index is 12.7. The minimum Gasteiger partial charge on any atom is -0.378 e. The lowest BCUT2D eigenvalue weighted by Crippen LogP contribution is -2.46. The van der Waals surface area contributed by atoms with Crippen molar-refractivity contribution in [2.75, 3.05) is 32.1 Å². The standard InChI is InChI=1S/C23H35N3O2/c1-25(2)21-11-9-19(10-12-21)23(28)26-16-14-20(15-17-26)24-22(27)13-8-18-6-4-3-5-7-18/h9-12,18,20H,3-8,13-17H2,1-2H3,(H,24,27). The van der Waals surface area contributed by atoms with Crippen molar-refractivity contribution in [3.8, 4) is 0 Å². The van der Waals surface area contributed by atoms with Crippen molar-refractivity contribution in [2.24, 2.45) is 5.92 Å². The van der Waals surface area contributed by atoms with Gasteiger partial charge in [-0.2, -0.15) is 0 Å². The number of benzene rings is 1. The Morgan fingerprint density at radius 2 is 1.64 bits per heavy atom. The lowest BCUT2D eigenvalue weighted by Gasteiger charge is -2.32. The van der Waals surface area contributed by atoms with Crippen LogP contribution in [0.3, 0.4) is 0 Å². The van der Waals surface area contributed by atoms with Gasteiger partial charge in [-0.1, -0.05) is 32.1 Å². The zero-order valence-corrected chi connectivity index (χ0v) is 17.5. The van der Waals surface area contributed by atoms with Crippen LogP contribution in [0.2, 0.25) is 0 Å². The Balaban J connectivity index is 1.39. The molecule has 2 fully saturated rings. The number of piperidine rings is 1. The highest BCUT2D eigenvalue weighted by molar-refractivity contribution is 5.94. The molecule has 5 nitrogen and oxygen atoms in total. The Kier molecular flexibility index (Phi) is 7.35. The molecule has 0 unspecified atom stereocenters. The van der Waals surface area contributed by atoms with Crippen molar-refractivity contribution in [3.05, 3.63) is 29.8 Å². The first kappa shape index (κ1) is 20.7. The van der Waals surface area contributed by atoms with Gasteiger partial charge in [0.15, 0.2) is 0 Å². The molecule has 1 aliphatic heterocycles. The molecular formula is C23H35N3O2. The first-order chi connectivity index (χ1) is 13.5. The maximum atomic E-state index is 12.7. The number of hydrogen-bond acceptors (Lipinski definition) is 3. The van der Waals surface area contributed by atoms with E-state index in [-0.39, 0.29) is 17.9 Å². The van der Waals surface area contributed by atoms with E-state index < -0.39 is 0 Å². The van der Waals surface area contributed by atoms with Crippen molar-refractivity contribution in [1.82, 2.24) is 10.2 Å². The highest BCUT2D eigenvalue weighted by Gasteiger charge is 2.25. The zero-order valence-electron chi connectivity index (χ0n) is 17.5. The number of rotatable bonds is 6. The topological polar surface area (TPSA) is 52.7 Å². The molecule has 1 saturated heterocycles. The fourth-order valence-corrected chi connectivity index (χ4v) is 4.42. The molecule has 1 N–H and O–H groups in total. The molecule has 1 heterocycles. The van der Waals surface area contributed by atoms with Gasteiger partial charge < -0.3 is 15.1 Å².